The van der Waals surface area contributed by atoms with Crippen molar-refractivity contribution >= 4 is 9.28 Å². The Morgan fingerprint density at radius 2 is 0.659 bits per heavy atom. The van der Waals surface area contributed by atoms with E-state index in [-0.39, 0.29) is 0 Å². The van der Waals surface area contributed by atoms with Gasteiger partial charge in [-0.3, -0.25) is 0 Å². The third-order valence-electron chi connectivity index (χ3n) is 4.66. The zero-order chi connectivity index (χ0) is 33.9. The van der Waals surface area contributed by atoms with E-state index in [0.717, 1.165) is 13.8 Å². The molecule has 0 aliphatic heterocycles. The van der Waals surface area contributed by atoms with Gasteiger partial charge in [-0.2, -0.15) is 92.2 Å². The number of allylic oxidation sites excluding steroid dienone is 2. The number of rotatable bonds is 14. The molecule has 0 spiro atoms. The molecule has 2 nitrogen and oxygen atoms in total. The van der Waals surface area contributed by atoms with Gasteiger partial charge in [0.25, 0.3) is 0 Å². The summed E-state index contributed by atoms with van der Waals surface area (Å²) in [6.45, 7) is 7.32. The summed E-state index contributed by atoms with van der Waals surface area (Å²) in [5.41, 5.74) is 0. The molecule has 0 aliphatic rings. The first kappa shape index (κ1) is 38.8. The zero-order valence-electron chi connectivity index (χ0n) is 19.5. The molecule has 0 heterocycles. The van der Waals surface area contributed by atoms with Crippen LogP contribution < -0.4 is 0 Å². The van der Waals surface area contributed by atoms with Crippen molar-refractivity contribution in [2.75, 3.05) is 0 Å². The van der Waals surface area contributed by atoms with Crippen LogP contribution in [0.3, 0.4) is 0 Å². The van der Waals surface area contributed by atoms with Gasteiger partial charge >= 0.3 is 68.8 Å². The van der Waals surface area contributed by atoms with Crippen molar-refractivity contribution in [1.82, 2.24) is 0 Å². The Morgan fingerprint density at radius 3 is 0.878 bits per heavy atom. The molecule has 0 saturated heterocycles. The van der Waals surface area contributed by atoms with Crippen LogP contribution in [0.15, 0.2) is 24.7 Å². The van der Waals surface area contributed by atoms with E-state index < -0.39 is 86.3 Å². The summed E-state index contributed by atoms with van der Waals surface area (Å²) in [5.74, 6) is -78.8. The van der Waals surface area contributed by atoms with Gasteiger partial charge in [0.15, 0.2) is 0 Å². The van der Waals surface area contributed by atoms with Crippen molar-refractivity contribution in [2.24, 2.45) is 0 Å². The van der Waals surface area contributed by atoms with E-state index >= 15 is 0 Å². The molecule has 24 heteroatoms. The molecule has 0 bridgehead atoms. The SMILES string of the molecule is C=C(C)O[SiH](CC(F)(F)C(F)(F)C(F)(F)C(F)(F)C(F)(F)C(F)(F)C(F)(F)C(F)(F)C(F)(F)C(F)(F)F)OC(=C)C. The van der Waals surface area contributed by atoms with Crippen LogP contribution >= 0.6 is 0 Å². The fraction of sp³-hybridized carbons (Fsp3) is 0.765. The van der Waals surface area contributed by atoms with Gasteiger partial charge in [0.1, 0.15) is 0 Å². The molecular formula is C17H13F21O2Si. The molecular weight excluding hydrogens is 663 g/mol. The molecule has 0 radical (unpaired) electrons. The maximum absolute atomic E-state index is 14.1. The Bertz CT molecular complexity index is 967. The second-order valence-corrected chi connectivity index (χ2v) is 9.81. The topological polar surface area (TPSA) is 18.5 Å². The lowest BCUT2D eigenvalue weighted by molar-refractivity contribution is -0.473. The Balaban J connectivity index is 7.02. The molecule has 0 fully saturated rings. The van der Waals surface area contributed by atoms with Gasteiger partial charge in [-0.25, -0.2) is 0 Å². The second-order valence-electron chi connectivity index (χ2n) is 8.07. The van der Waals surface area contributed by atoms with Crippen molar-refractivity contribution < 1.29 is 101 Å². The lowest BCUT2D eigenvalue weighted by Gasteiger charge is -2.44. The third kappa shape index (κ3) is 5.76. The van der Waals surface area contributed by atoms with E-state index in [1.165, 1.54) is 0 Å². The smallest absolute Gasteiger partial charge is 0.460 e. The lowest BCUT2D eigenvalue weighted by atomic mass is 9.86. The first-order chi connectivity index (χ1) is 17.5. The fourth-order valence-corrected chi connectivity index (χ4v) is 4.27. The average molecular weight is 676 g/mol. The minimum absolute atomic E-state index is 0.705. The first-order valence-corrected chi connectivity index (χ1v) is 11.3. The Labute approximate surface area is 215 Å². The van der Waals surface area contributed by atoms with Gasteiger partial charge in [-0.05, 0) is 13.8 Å². The van der Waals surface area contributed by atoms with E-state index in [1.807, 2.05) is 0 Å². The number of hydrogen-bond donors (Lipinski definition) is 0. The van der Waals surface area contributed by atoms with Crippen LogP contribution in [0.5, 0.6) is 0 Å². The fourth-order valence-electron chi connectivity index (χ4n) is 2.48. The molecule has 0 rings (SSSR count). The quantitative estimate of drug-likeness (QED) is 0.104. The monoisotopic (exact) mass is 676 g/mol. The second kappa shape index (κ2) is 10.5. The molecule has 0 N–H and O–H groups in total. The molecule has 0 unspecified atom stereocenters. The molecule has 41 heavy (non-hydrogen) atoms. The lowest BCUT2D eigenvalue weighted by Crippen LogP contribution is -2.76. The Kier molecular flexibility index (Phi) is 9.96. The predicted molar refractivity (Wildman–Crippen MR) is 94.3 cm³/mol. The van der Waals surface area contributed by atoms with Crippen molar-refractivity contribution in [2.45, 2.75) is 79.4 Å². The summed E-state index contributed by atoms with van der Waals surface area (Å²) in [4.78, 5) is 0. The summed E-state index contributed by atoms with van der Waals surface area (Å²) in [7, 11) is -4.61. The van der Waals surface area contributed by atoms with Gasteiger partial charge in [-0.1, -0.05) is 13.2 Å². The van der Waals surface area contributed by atoms with Gasteiger partial charge in [0, 0.05) is 0 Å². The molecule has 0 atom stereocenters. The molecule has 0 aromatic carbocycles. The minimum Gasteiger partial charge on any atom is -0.519 e. The summed E-state index contributed by atoms with van der Waals surface area (Å²) in [6.07, 6.45) is -8.02. The normalized spacial score (nSPS) is 15.7. The van der Waals surface area contributed by atoms with Crippen LogP contribution in [0.1, 0.15) is 13.8 Å². The Morgan fingerprint density at radius 1 is 0.439 bits per heavy atom. The maximum Gasteiger partial charge on any atom is 0.460 e. The molecule has 0 aliphatic carbocycles. The summed E-state index contributed by atoms with van der Waals surface area (Å²) in [5, 5.41) is 0. The average Bonchev–Trinajstić information content (AvgIpc) is 2.70. The van der Waals surface area contributed by atoms with Gasteiger partial charge in [-0.15, -0.1) is 0 Å². The largest absolute Gasteiger partial charge is 0.519 e. The van der Waals surface area contributed by atoms with E-state index in [4.69, 9.17) is 0 Å². The third-order valence-corrected chi connectivity index (χ3v) is 6.84. The van der Waals surface area contributed by atoms with Crippen LogP contribution in [-0.2, 0) is 8.85 Å². The van der Waals surface area contributed by atoms with E-state index in [2.05, 4.69) is 22.0 Å². The van der Waals surface area contributed by atoms with Crippen LogP contribution in [-0.4, -0.2) is 68.8 Å². The minimum atomic E-state index is -9.21. The van der Waals surface area contributed by atoms with Crippen LogP contribution in [0, 0.1) is 0 Å². The highest BCUT2D eigenvalue weighted by atomic mass is 28.3. The van der Waals surface area contributed by atoms with E-state index in [1.54, 1.807) is 0 Å². The molecule has 0 aromatic heterocycles. The van der Waals surface area contributed by atoms with E-state index in [0.29, 0.717) is 0 Å². The molecule has 0 amide bonds. The first-order valence-electron chi connectivity index (χ1n) is 9.57. The van der Waals surface area contributed by atoms with Crippen LogP contribution in [0.25, 0.3) is 0 Å². The van der Waals surface area contributed by atoms with Crippen LogP contribution in [0.2, 0.25) is 6.04 Å². The van der Waals surface area contributed by atoms with Gasteiger partial charge in [0.05, 0.1) is 17.6 Å². The summed E-state index contributed by atoms with van der Waals surface area (Å²) in [6, 6.07) is -2.95. The van der Waals surface area contributed by atoms with Crippen molar-refractivity contribution in [3.05, 3.63) is 24.7 Å². The number of alkyl halides is 21. The highest BCUT2D eigenvalue weighted by molar-refractivity contribution is 6.45. The highest BCUT2D eigenvalue weighted by Crippen LogP contribution is 2.66. The highest BCUT2D eigenvalue weighted by Gasteiger charge is 2.97. The van der Waals surface area contributed by atoms with Gasteiger partial charge < -0.3 is 8.85 Å². The number of halogens is 21. The van der Waals surface area contributed by atoms with Gasteiger partial charge in [0.2, 0.25) is 0 Å². The number of hydrogen-bond acceptors (Lipinski definition) is 2. The Hall–Kier alpha value is -2.17. The predicted octanol–water partition coefficient (Wildman–Crippen LogP) is 8.59. The molecule has 244 valence electrons. The summed E-state index contributed by atoms with van der Waals surface area (Å²) < 4.78 is 290. The maximum atomic E-state index is 14.1. The standard InChI is InChI=1S/C17H13F21O2Si/c1-6(2)39-41(40-7(3)4)5-8(18,19)9(20,21)10(22,23)11(24,25)12(26,27)13(28,29)14(30,31)15(32,33)16(34,35)17(36,37)38/h41H,1,3,5H2,2,4H3. The summed E-state index contributed by atoms with van der Waals surface area (Å²) >= 11 is 0. The van der Waals surface area contributed by atoms with Crippen molar-refractivity contribution in [3.63, 3.8) is 0 Å². The van der Waals surface area contributed by atoms with Crippen LogP contribution in [0.4, 0.5) is 92.2 Å². The zero-order valence-corrected chi connectivity index (χ0v) is 20.6. The molecule has 0 saturated carbocycles. The molecule has 0 aromatic rings. The van der Waals surface area contributed by atoms with Crippen molar-refractivity contribution in [3.8, 4) is 0 Å². The van der Waals surface area contributed by atoms with E-state index in [9.17, 15) is 92.2 Å². The van der Waals surface area contributed by atoms with Crippen molar-refractivity contribution in [1.29, 1.82) is 0 Å².